The lowest BCUT2D eigenvalue weighted by atomic mass is 9.91. The van der Waals surface area contributed by atoms with Gasteiger partial charge in [-0.15, -0.1) is 0 Å². The van der Waals surface area contributed by atoms with Gasteiger partial charge in [0.1, 0.15) is 5.75 Å². The number of carboxylic acids is 1. The fraction of sp³-hybridized carbons (Fsp3) is 0.641. The van der Waals surface area contributed by atoms with Crippen molar-refractivity contribution < 1.29 is 34.1 Å². The van der Waals surface area contributed by atoms with Crippen LogP contribution in [0.15, 0.2) is 35.6 Å². The Hall–Kier alpha value is -4.06. The number of amides is 4. The summed E-state index contributed by atoms with van der Waals surface area (Å²) in [7, 11) is 0. The number of likely N-dealkylation sites (tertiary alicyclic amines) is 3. The highest BCUT2D eigenvalue weighted by Gasteiger charge is 2.37. The molecule has 1 aromatic carbocycles. The summed E-state index contributed by atoms with van der Waals surface area (Å²) in [6.45, 7) is 10.2. The number of ether oxygens (including phenoxy) is 1. The zero-order valence-corrected chi connectivity index (χ0v) is 30.4. The van der Waals surface area contributed by atoms with E-state index in [2.05, 4.69) is 29.3 Å². The van der Waals surface area contributed by atoms with Crippen molar-refractivity contribution in [2.24, 2.45) is 11.8 Å². The molecule has 4 amide bonds. The lowest BCUT2D eigenvalue weighted by molar-refractivity contribution is -0.142. The maximum absolute atomic E-state index is 14.1. The smallest absolute Gasteiger partial charge is 0.410 e. The van der Waals surface area contributed by atoms with Gasteiger partial charge in [0.25, 0.3) is 5.91 Å². The SMILES string of the molecule is Cc1cc(C[C@@H](OC(=O)N2CCC(N3CCC4=CC(C)CC=C4NC3=O)CC2)C(=O)N2CCC(N3CCC(CC(=O)O)CC3)CC2)cc(C)c1O. The number of hydrogen-bond donors (Lipinski definition) is 3. The minimum Gasteiger partial charge on any atom is -0.507 e. The number of benzene rings is 1. The van der Waals surface area contributed by atoms with Crippen molar-refractivity contribution in [2.45, 2.75) is 103 Å². The predicted octanol–water partition coefficient (Wildman–Crippen LogP) is 4.96. The highest BCUT2D eigenvalue weighted by atomic mass is 16.6. The van der Waals surface area contributed by atoms with Crippen molar-refractivity contribution in [1.82, 2.24) is 24.9 Å². The number of phenols is 1. The van der Waals surface area contributed by atoms with E-state index in [0.29, 0.717) is 68.7 Å². The van der Waals surface area contributed by atoms with Gasteiger partial charge in [-0.1, -0.05) is 31.2 Å². The monoisotopic (exact) mass is 705 g/mol. The molecule has 1 aromatic rings. The van der Waals surface area contributed by atoms with E-state index in [1.807, 2.05) is 35.8 Å². The molecule has 2 atom stereocenters. The minimum atomic E-state index is -1.01. The Kier molecular flexibility index (Phi) is 11.6. The number of piperidine rings is 3. The van der Waals surface area contributed by atoms with Crippen molar-refractivity contribution in [3.8, 4) is 5.75 Å². The molecule has 278 valence electrons. The van der Waals surface area contributed by atoms with E-state index in [-0.39, 0.29) is 42.5 Å². The number of nitrogens with zero attached hydrogens (tertiary/aromatic N) is 4. The molecule has 1 unspecified atom stereocenters. The van der Waals surface area contributed by atoms with Crippen LogP contribution in [0.2, 0.25) is 0 Å². The molecule has 4 fully saturated rings. The second kappa shape index (κ2) is 16.1. The van der Waals surface area contributed by atoms with Gasteiger partial charge in [-0.05, 0) is 112 Å². The number of nitrogens with one attached hydrogen (secondary N) is 1. The third-order valence-corrected chi connectivity index (χ3v) is 11.7. The van der Waals surface area contributed by atoms with Gasteiger partial charge in [0.15, 0.2) is 6.10 Å². The fourth-order valence-electron chi connectivity index (χ4n) is 8.70. The summed E-state index contributed by atoms with van der Waals surface area (Å²) in [5.41, 5.74) is 4.35. The van der Waals surface area contributed by atoms with Crippen LogP contribution < -0.4 is 5.32 Å². The number of allylic oxidation sites excluding steroid dienone is 3. The Labute approximate surface area is 301 Å². The molecule has 0 saturated carbocycles. The van der Waals surface area contributed by atoms with Crippen LogP contribution in [0.5, 0.6) is 5.75 Å². The van der Waals surface area contributed by atoms with E-state index in [9.17, 15) is 24.3 Å². The first-order chi connectivity index (χ1) is 24.4. The van der Waals surface area contributed by atoms with E-state index in [4.69, 9.17) is 9.84 Å². The first kappa shape index (κ1) is 36.7. The molecule has 4 heterocycles. The van der Waals surface area contributed by atoms with Crippen molar-refractivity contribution in [3.05, 3.63) is 52.2 Å². The summed E-state index contributed by atoms with van der Waals surface area (Å²) >= 11 is 0. The van der Waals surface area contributed by atoms with Crippen LogP contribution >= 0.6 is 0 Å². The average Bonchev–Trinajstić information content (AvgIpc) is 3.27. The van der Waals surface area contributed by atoms with Crippen LogP contribution in [-0.4, -0.2) is 118 Å². The topological polar surface area (TPSA) is 143 Å². The fourth-order valence-corrected chi connectivity index (χ4v) is 8.70. The summed E-state index contributed by atoms with van der Waals surface area (Å²) in [6.07, 6.45) is 9.67. The molecule has 0 spiro atoms. The molecule has 3 N–H and O–H groups in total. The largest absolute Gasteiger partial charge is 0.507 e. The molecule has 4 saturated heterocycles. The summed E-state index contributed by atoms with van der Waals surface area (Å²) in [5, 5.41) is 22.6. The predicted molar refractivity (Wildman–Crippen MR) is 192 cm³/mol. The van der Waals surface area contributed by atoms with Gasteiger partial charge in [0.05, 0.1) is 0 Å². The molecule has 5 aliphatic rings. The zero-order chi connectivity index (χ0) is 36.2. The zero-order valence-electron chi connectivity index (χ0n) is 30.4. The maximum atomic E-state index is 14.1. The summed E-state index contributed by atoms with van der Waals surface area (Å²) < 4.78 is 6.07. The van der Waals surface area contributed by atoms with Crippen molar-refractivity contribution in [2.75, 3.05) is 45.8 Å². The Morgan fingerprint density at radius 1 is 0.902 bits per heavy atom. The molecule has 12 heteroatoms. The number of carbonyl (C=O) groups excluding carboxylic acids is 3. The summed E-state index contributed by atoms with van der Waals surface area (Å²) in [4.78, 5) is 59.9. The van der Waals surface area contributed by atoms with E-state index >= 15 is 0 Å². The number of phenolic OH excluding ortho intramolecular Hbond substituents is 1. The molecule has 12 nitrogen and oxygen atoms in total. The highest BCUT2D eigenvalue weighted by molar-refractivity contribution is 5.84. The van der Waals surface area contributed by atoms with Crippen LogP contribution in [0.25, 0.3) is 0 Å². The number of rotatable bonds is 8. The number of aromatic hydroxyl groups is 1. The number of aryl methyl sites for hydroxylation is 2. The van der Waals surface area contributed by atoms with Crippen LogP contribution in [0.3, 0.4) is 0 Å². The van der Waals surface area contributed by atoms with Gasteiger partial charge in [-0.3, -0.25) is 9.59 Å². The Balaban J connectivity index is 1.06. The van der Waals surface area contributed by atoms with Crippen LogP contribution in [0.4, 0.5) is 9.59 Å². The Bertz CT molecular complexity index is 1510. The standard InChI is InChI=1S/C39H55N5O7/c1-25-4-5-33-30(20-25)8-19-44(38(49)40-33)32-11-17-43(18-12-32)39(50)51-34(23-29-21-26(2)36(47)27(3)22-29)37(48)42-15-9-31(10-16-42)41-13-6-28(7-14-41)24-35(45)46/h5,20-22,25,28,31-32,34,47H,4,6-19,23-24H2,1-3H3,(H,40,49)(H,45,46)/t25?,34-/m1/s1. The number of aliphatic carboxylic acids is 1. The Morgan fingerprint density at radius 3 is 2.18 bits per heavy atom. The van der Waals surface area contributed by atoms with Gasteiger partial charge in [-0.2, -0.15) is 0 Å². The normalized spacial score (nSPS) is 23.5. The lowest BCUT2D eigenvalue weighted by Crippen LogP contribution is -2.53. The molecule has 51 heavy (non-hydrogen) atoms. The number of carboxylic acid groups (broad SMARTS) is 1. The van der Waals surface area contributed by atoms with E-state index < -0.39 is 18.2 Å². The van der Waals surface area contributed by atoms with E-state index in [1.165, 1.54) is 5.57 Å². The summed E-state index contributed by atoms with van der Waals surface area (Å²) in [5.74, 6) is -0.0297. The van der Waals surface area contributed by atoms with Crippen LogP contribution in [-0.2, 0) is 20.7 Å². The molecule has 4 aliphatic heterocycles. The second-order valence-corrected chi connectivity index (χ2v) is 15.4. The lowest BCUT2D eigenvalue weighted by Gasteiger charge is -2.42. The number of carbonyl (C=O) groups is 4. The van der Waals surface area contributed by atoms with E-state index in [0.717, 1.165) is 62.9 Å². The van der Waals surface area contributed by atoms with Gasteiger partial charge < -0.3 is 39.9 Å². The molecular weight excluding hydrogens is 650 g/mol. The third-order valence-electron chi connectivity index (χ3n) is 11.7. The second-order valence-electron chi connectivity index (χ2n) is 15.4. The van der Waals surface area contributed by atoms with Crippen LogP contribution in [0.1, 0.15) is 81.4 Å². The quantitative estimate of drug-likeness (QED) is 0.345. The molecule has 1 aliphatic carbocycles. The van der Waals surface area contributed by atoms with E-state index in [1.54, 1.807) is 4.90 Å². The first-order valence-corrected chi connectivity index (χ1v) is 18.9. The van der Waals surface area contributed by atoms with Crippen molar-refractivity contribution in [3.63, 3.8) is 0 Å². The van der Waals surface area contributed by atoms with Gasteiger partial charge in [-0.25, -0.2) is 9.59 Å². The maximum Gasteiger partial charge on any atom is 0.410 e. The highest BCUT2D eigenvalue weighted by Crippen LogP contribution is 2.30. The Morgan fingerprint density at radius 2 is 1.53 bits per heavy atom. The van der Waals surface area contributed by atoms with Crippen molar-refractivity contribution in [1.29, 1.82) is 0 Å². The van der Waals surface area contributed by atoms with Gasteiger partial charge in [0.2, 0.25) is 0 Å². The third kappa shape index (κ3) is 8.88. The van der Waals surface area contributed by atoms with Gasteiger partial charge in [0, 0.05) is 63.3 Å². The molecule has 0 aromatic heterocycles. The molecular formula is C39H55N5O7. The molecule has 6 rings (SSSR count). The molecule has 0 radical (unpaired) electrons. The van der Waals surface area contributed by atoms with Crippen molar-refractivity contribution >= 4 is 24.0 Å². The summed E-state index contributed by atoms with van der Waals surface area (Å²) in [6, 6.07) is 3.96. The van der Waals surface area contributed by atoms with Gasteiger partial charge >= 0.3 is 18.1 Å². The number of urea groups is 1. The molecule has 0 bridgehead atoms. The minimum absolute atomic E-state index is 0.0115. The van der Waals surface area contributed by atoms with Crippen LogP contribution in [0, 0.1) is 25.7 Å². The number of hydrogen-bond acceptors (Lipinski definition) is 7. The average molecular weight is 706 g/mol. The number of fused-ring (bicyclic) bond motifs is 1. The first-order valence-electron chi connectivity index (χ1n) is 18.9.